The highest BCUT2D eigenvalue weighted by Crippen LogP contribution is 2.41. The summed E-state index contributed by atoms with van der Waals surface area (Å²) in [6.45, 7) is 9.05. The van der Waals surface area contributed by atoms with Crippen molar-refractivity contribution in [1.82, 2.24) is 4.90 Å². The summed E-state index contributed by atoms with van der Waals surface area (Å²) in [6, 6.07) is 21.2. The first kappa shape index (κ1) is 25.5. The third-order valence-corrected chi connectivity index (χ3v) is 6.55. The Labute approximate surface area is 217 Å². The van der Waals surface area contributed by atoms with Crippen LogP contribution in [0.4, 0.5) is 0 Å². The molecule has 1 N–H and O–H groups in total. The van der Waals surface area contributed by atoms with E-state index in [0.29, 0.717) is 17.2 Å². The fraction of sp³-hybridized carbons (Fsp3) is 0.267. The number of carbonyl (C=O) groups is 2. The van der Waals surface area contributed by atoms with Gasteiger partial charge in [-0.2, -0.15) is 0 Å². The van der Waals surface area contributed by atoms with Crippen molar-refractivity contribution in [2.75, 3.05) is 6.61 Å². The van der Waals surface area contributed by atoms with Crippen LogP contribution in [-0.2, 0) is 21.5 Å². The smallest absolute Gasteiger partial charge is 0.295 e. The number of carbonyl (C=O) groups excluding carboxylic acids is 2. The van der Waals surface area contributed by atoms with Gasteiger partial charge in [0, 0.05) is 17.1 Å². The second-order valence-electron chi connectivity index (χ2n) is 9.89. The normalized spacial score (nSPS) is 17.5. The van der Waals surface area contributed by atoms with E-state index in [-0.39, 0.29) is 23.3 Å². The zero-order valence-electron chi connectivity index (χ0n) is 20.9. The summed E-state index contributed by atoms with van der Waals surface area (Å²) in [7, 11) is 0. The summed E-state index contributed by atoms with van der Waals surface area (Å²) in [6.07, 6.45) is 0. The first-order valence-corrected chi connectivity index (χ1v) is 12.3. The van der Waals surface area contributed by atoms with Gasteiger partial charge in [0.2, 0.25) is 0 Å². The lowest BCUT2D eigenvalue weighted by atomic mass is 9.85. The van der Waals surface area contributed by atoms with Gasteiger partial charge in [-0.3, -0.25) is 9.59 Å². The Hall–Kier alpha value is -3.57. The number of halogens is 1. The van der Waals surface area contributed by atoms with Gasteiger partial charge in [0.15, 0.2) is 0 Å². The summed E-state index contributed by atoms with van der Waals surface area (Å²) in [5.74, 6) is -0.880. The highest BCUT2D eigenvalue weighted by atomic mass is 35.5. The Kier molecular flexibility index (Phi) is 7.23. The standard InChI is InChI=1S/C30H30ClNO4/c1-5-36-24-15-9-19(10-16-24)18-32-26(20-11-13-22(14-12-20)30(2,3)4)25(28(34)29(32)35)27(33)21-7-6-8-23(31)17-21/h6-17,26,33H,5,18H2,1-4H3/b27-25-. The lowest BCUT2D eigenvalue weighted by Crippen LogP contribution is -2.29. The Bertz CT molecular complexity index is 1300. The molecule has 0 aliphatic carbocycles. The second-order valence-corrected chi connectivity index (χ2v) is 10.3. The summed E-state index contributed by atoms with van der Waals surface area (Å²) >= 11 is 6.14. The Morgan fingerprint density at radius 3 is 2.25 bits per heavy atom. The van der Waals surface area contributed by atoms with Crippen LogP contribution < -0.4 is 4.74 Å². The molecule has 0 bridgehead atoms. The third kappa shape index (κ3) is 5.17. The number of hydrogen-bond donors (Lipinski definition) is 1. The van der Waals surface area contributed by atoms with Crippen LogP contribution in [0.15, 0.2) is 78.4 Å². The average Bonchev–Trinajstić information content (AvgIpc) is 3.09. The topological polar surface area (TPSA) is 66.8 Å². The van der Waals surface area contributed by atoms with Crippen molar-refractivity contribution in [3.8, 4) is 5.75 Å². The molecular formula is C30H30ClNO4. The van der Waals surface area contributed by atoms with Gasteiger partial charge in [-0.05, 0) is 53.3 Å². The minimum Gasteiger partial charge on any atom is -0.507 e. The highest BCUT2D eigenvalue weighted by molar-refractivity contribution is 6.46. The molecule has 4 rings (SSSR count). The largest absolute Gasteiger partial charge is 0.507 e. The molecule has 36 heavy (non-hydrogen) atoms. The number of Topliss-reactive ketones (excluding diaryl/α,β-unsaturated/α-hetero) is 1. The second kappa shape index (κ2) is 10.2. The van der Waals surface area contributed by atoms with Crippen LogP contribution in [0.5, 0.6) is 5.75 Å². The number of nitrogens with zero attached hydrogens (tertiary/aromatic N) is 1. The molecule has 1 amide bonds. The molecule has 186 valence electrons. The molecule has 1 unspecified atom stereocenters. The predicted molar refractivity (Wildman–Crippen MR) is 142 cm³/mol. The first-order valence-electron chi connectivity index (χ1n) is 12.0. The number of ether oxygens (including phenoxy) is 1. The van der Waals surface area contributed by atoms with Crippen LogP contribution >= 0.6 is 11.6 Å². The predicted octanol–water partition coefficient (Wildman–Crippen LogP) is 6.66. The summed E-state index contributed by atoms with van der Waals surface area (Å²) in [5.41, 5.74) is 3.11. The molecule has 1 aliphatic rings. The number of amides is 1. The van der Waals surface area contributed by atoms with Gasteiger partial charge in [-0.1, -0.05) is 80.9 Å². The number of likely N-dealkylation sites (tertiary alicyclic amines) is 1. The SMILES string of the molecule is CCOc1ccc(CN2C(=O)C(=O)/C(=C(\O)c3cccc(Cl)c3)C2c2ccc(C(C)(C)C)cc2)cc1. The molecule has 1 atom stereocenters. The fourth-order valence-corrected chi connectivity index (χ4v) is 4.59. The number of aliphatic hydroxyl groups excluding tert-OH is 1. The lowest BCUT2D eigenvalue weighted by Gasteiger charge is -2.26. The molecule has 0 radical (unpaired) electrons. The molecule has 1 fully saturated rings. The zero-order chi connectivity index (χ0) is 26.0. The van der Waals surface area contributed by atoms with E-state index < -0.39 is 17.7 Å². The highest BCUT2D eigenvalue weighted by Gasteiger charge is 2.46. The van der Waals surface area contributed by atoms with E-state index in [1.54, 1.807) is 24.3 Å². The van der Waals surface area contributed by atoms with E-state index in [1.807, 2.05) is 55.5 Å². The fourth-order valence-electron chi connectivity index (χ4n) is 4.40. The van der Waals surface area contributed by atoms with Gasteiger partial charge >= 0.3 is 0 Å². The third-order valence-electron chi connectivity index (χ3n) is 6.32. The monoisotopic (exact) mass is 503 g/mol. The summed E-state index contributed by atoms with van der Waals surface area (Å²) in [4.78, 5) is 28.1. The van der Waals surface area contributed by atoms with E-state index in [2.05, 4.69) is 20.8 Å². The number of ketones is 1. The molecule has 3 aromatic carbocycles. The van der Waals surface area contributed by atoms with Gasteiger partial charge in [0.05, 0.1) is 18.2 Å². The van der Waals surface area contributed by atoms with Crippen molar-refractivity contribution in [2.24, 2.45) is 0 Å². The molecule has 1 saturated heterocycles. The molecule has 3 aromatic rings. The van der Waals surface area contributed by atoms with Crippen LogP contribution in [0, 0.1) is 0 Å². The van der Waals surface area contributed by atoms with E-state index in [9.17, 15) is 14.7 Å². The zero-order valence-corrected chi connectivity index (χ0v) is 21.7. The van der Waals surface area contributed by atoms with Crippen LogP contribution in [0.25, 0.3) is 5.76 Å². The van der Waals surface area contributed by atoms with Crippen molar-refractivity contribution in [1.29, 1.82) is 0 Å². The van der Waals surface area contributed by atoms with Crippen molar-refractivity contribution in [3.63, 3.8) is 0 Å². The van der Waals surface area contributed by atoms with Crippen molar-refractivity contribution < 1.29 is 19.4 Å². The summed E-state index contributed by atoms with van der Waals surface area (Å²) in [5, 5.41) is 11.7. The van der Waals surface area contributed by atoms with Crippen molar-refractivity contribution in [3.05, 3.63) is 106 Å². The molecule has 6 heteroatoms. The average molecular weight is 504 g/mol. The van der Waals surface area contributed by atoms with Gasteiger partial charge in [0.25, 0.3) is 11.7 Å². The minimum atomic E-state index is -0.746. The molecule has 0 spiro atoms. The van der Waals surface area contributed by atoms with E-state index in [0.717, 1.165) is 22.4 Å². The maximum atomic E-state index is 13.3. The quantitative estimate of drug-likeness (QED) is 0.232. The van der Waals surface area contributed by atoms with Crippen LogP contribution in [0.3, 0.4) is 0 Å². The number of rotatable bonds is 6. The number of benzene rings is 3. The van der Waals surface area contributed by atoms with E-state index >= 15 is 0 Å². The maximum absolute atomic E-state index is 13.3. The Morgan fingerprint density at radius 2 is 1.67 bits per heavy atom. The molecule has 5 nitrogen and oxygen atoms in total. The molecule has 1 aliphatic heterocycles. The van der Waals surface area contributed by atoms with Crippen molar-refractivity contribution >= 4 is 29.1 Å². The molecule has 1 heterocycles. The molecular weight excluding hydrogens is 474 g/mol. The Morgan fingerprint density at radius 1 is 1.00 bits per heavy atom. The lowest BCUT2D eigenvalue weighted by molar-refractivity contribution is -0.140. The van der Waals surface area contributed by atoms with Gasteiger partial charge in [0.1, 0.15) is 11.5 Å². The van der Waals surface area contributed by atoms with E-state index in [1.165, 1.54) is 4.90 Å². The molecule has 0 saturated carbocycles. The first-order chi connectivity index (χ1) is 17.1. The van der Waals surface area contributed by atoms with Gasteiger partial charge in [-0.15, -0.1) is 0 Å². The summed E-state index contributed by atoms with van der Waals surface area (Å²) < 4.78 is 5.52. The van der Waals surface area contributed by atoms with Gasteiger partial charge < -0.3 is 14.7 Å². The van der Waals surface area contributed by atoms with Gasteiger partial charge in [-0.25, -0.2) is 0 Å². The van der Waals surface area contributed by atoms with Crippen molar-refractivity contribution in [2.45, 2.75) is 45.7 Å². The van der Waals surface area contributed by atoms with Crippen LogP contribution in [0.1, 0.15) is 56.0 Å². The number of aliphatic hydroxyl groups is 1. The number of hydrogen-bond acceptors (Lipinski definition) is 4. The maximum Gasteiger partial charge on any atom is 0.295 e. The van der Waals surface area contributed by atoms with Crippen LogP contribution in [-0.4, -0.2) is 28.3 Å². The van der Waals surface area contributed by atoms with Crippen LogP contribution in [0.2, 0.25) is 5.02 Å². The molecule has 0 aromatic heterocycles. The van der Waals surface area contributed by atoms with E-state index in [4.69, 9.17) is 16.3 Å². The minimum absolute atomic E-state index is 0.0521. The Balaban J connectivity index is 1.81.